The molecule has 21 heavy (non-hydrogen) atoms. The van der Waals surface area contributed by atoms with Crippen molar-refractivity contribution in [3.63, 3.8) is 0 Å². The molecule has 2 N–H and O–H groups in total. The van der Waals surface area contributed by atoms with Crippen LogP contribution in [0.3, 0.4) is 0 Å². The Morgan fingerprint density at radius 1 is 1.57 bits per heavy atom. The standard InChI is InChI=1S/C15H25N5S/c1-11(16)8-13-14(17-15-20(13)6-7-21-15)19(3)10-12-4-5-18(2)9-12/h6-7,11-12H,4-5,8-10,16H2,1-3H3. The third kappa shape index (κ3) is 3.07. The second-order valence-corrected chi connectivity index (χ2v) is 7.29. The summed E-state index contributed by atoms with van der Waals surface area (Å²) in [5.41, 5.74) is 7.28. The van der Waals surface area contributed by atoms with E-state index < -0.39 is 0 Å². The Labute approximate surface area is 130 Å². The van der Waals surface area contributed by atoms with Gasteiger partial charge in [0, 0.05) is 44.2 Å². The van der Waals surface area contributed by atoms with E-state index in [9.17, 15) is 0 Å². The number of hydrogen-bond donors (Lipinski definition) is 1. The van der Waals surface area contributed by atoms with Crippen molar-refractivity contribution in [2.24, 2.45) is 11.7 Å². The van der Waals surface area contributed by atoms with Gasteiger partial charge in [-0.3, -0.25) is 4.40 Å². The van der Waals surface area contributed by atoms with Crippen LogP contribution in [0, 0.1) is 5.92 Å². The van der Waals surface area contributed by atoms with Gasteiger partial charge in [0.25, 0.3) is 0 Å². The Bertz CT molecular complexity index is 602. The van der Waals surface area contributed by atoms with Crippen LogP contribution in [0.1, 0.15) is 19.0 Å². The van der Waals surface area contributed by atoms with Crippen LogP contribution in [0.25, 0.3) is 4.96 Å². The van der Waals surface area contributed by atoms with Gasteiger partial charge in [-0.25, -0.2) is 4.98 Å². The van der Waals surface area contributed by atoms with E-state index in [1.807, 2.05) is 0 Å². The summed E-state index contributed by atoms with van der Waals surface area (Å²) in [5, 5.41) is 2.09. The summed E-state index contributed by atoms with van der Waals surface area (Å²) in [6.45, 7) is 5.53. The number of hydrogen-bond acceptors (Lipinski definition) is 5. The van der Waals surface area contributed by atoms with Crippen molar-refractivity contribution >= 4 is 22.1 Å². The molecule has 2 aromatic heterocycles. The van der Waals surface area contributed by atoms with Crippen molar-refractivity contribution in [1.29, 1.82) is 0 Å². The molecule has 0 aromatic carbocycles. The van der Waals surface area contributed by atoms with Crippen molar-refractivity contribution < 1.29 is 0 Å². The highest BCUT2D eigenvalue weighted by Crippen LogP contribution is 2.26. The molecule has 1 aliphatic rings. The van der Waals surface area contributed by atoms with Crippen molar-refractivity contribution in [3.05, 3.63) is 17.3 Å². The van der Waals surface area contributed by atoms with Crippen molar-refractivity contribution in [2.45, 2.75) is 25.8 Å². The monoisotopic (exact) mass is 307 g/mol. The summed E-state index contributed by atoms with van der Waals surface area (Å²) >= 11 is 1.69. The summed E-state index contributed by atoms with van der Waals surface area (Å²) < 4.78 is 2.20. The van der Waals surface area contributed by atoms with Crippen LogP contribution in [-0.2, 0) is 6.42 Å². The second kappa shape index (κ2) is 5.94. The fourth-order valence-electron chi connectivity index (χ4n) is 3.27. The molecule has 0 spiro atoms. The van der Waals surface area contributed by atoms with Gasteiger partial charge >= 0.3 is 0 Å². The van der Waals surface area contributed by atoms with Gasteiger partial charge < -0.3 is 15.5 Å². The van der Waals surface area contributed by atoms with Crippen LogP contribution in [-0.4, -0.2) is 54.1 Å². The number of thiazole rings is 1. The summed E-state index contributed by atoms with van der Waals surface area (Å²) in [7, 11) is 4.36. The maximum atomic E-state index is 6.03. The molecule has 0 saturated carbocycles. The molecule has 0 radical (unpaired) electrons. The molecule has 6 heteroatoms. The van der Waals surface area contributed by atoms with Crippen LogP contribution >= 0.6 is 11.3 Å². The van der Waals surface area contributed by atoms with E-state index in [0.29, 0.717) is 0 Å². The fourth-order valence-corrected chi connectivity index (χ4v) is 4.00. The van der Waals surface area contributed by atoms with E-state index in [4.69, 9.17) is 10.7 Å². The summed E-state index contributed by atoms with van der Waals surface area (Å²) in [6, 6.07) is 0.148. The number of rotatable bonds is 5. The van der Waals surface area contributed by atoms with Crippen LogP contribution in [0.5, 0.6) is 0 Å². The van der Waals surface area contributed by atoms with Crippen molar-refractivity contribution in [3.8, 4) is 0 Å². The zero-order valence-corrected chi connectivity index (χ0v) is 13.9. The average Bonchev–Trinajstić information content (AvgIpc) is 3.07. The van der Waals surface area contributed by atoms with E-state index in [-0.39, 0.29) is 6.04 Å². The number of anilines is 1. The lowest BCUT2D eigenvalue weighted by Gasteiger charge is -2.22. The molecule has 1 aliphatic heterocycles. The molecular weight excluding hydrogens is 282 g/mol. The van der Waals surface area contributed by atoms with E-state index >= 15 is 0 Å². The van der Waals surface area contributed by atoms with Crippen LogP contribution in [0.2, 0.25) is 0 Å². The number of aromatic nitrogens is 2. The van der Waals surface area contributed by atoms with Crippen LogP contribution < -0.4 is 10.6 Å². The molecule has 116 valence electrons. The normalized spacial score (nSPS) is 21.2. The van der Waals surface area contributed by atoms with E-state index in [1.165, 1.54) is 25.2 Å². The quantitative estimate of drug-likeness (QED) is 0.913. The van der Waals surface area contributed by atoms with Gasteiger partial charge in [-0.1, -0.05) is 0 Å². The van der Waals surface area contributed by atoms with Crippen LogP contribution in [0.4, 0.5) is 5.82 Å². The smallest absolute Gasteiger partial charge is 0.195 e. The molecule has 3 heterocycles. The Morgan fingerprint density at radius 2 is 2.38 bits per heavy atom. The Hall–Kier alpha value is -1.11. The maximum Gasteiger partial charge on any atom is 0.195 e. The first-order chi connectivity index (χ1) is 10.0. The Morgan fingerprint density at radius 3 is 3.05 bits per heavy atom. The first-order valence-corrected chi connectivity index (χ1v) is 8.52. The number of fused-ring (bicyclic) bond motifs is 1. The average molecular weight is 307 g/mol. The Kier molecular flexibility index (Phi) is 4.19. The molecule has 0 aliphatic carbocycles. The SMILES string of the molecule is CC(N)Cc1c(N(C)CC2CCN(C)C2)nc2sccn12. The topological polar surface area (TPSA) is 49.8 Å². The van der Waals surface area contributed by atoms with Gasteiger partial charge in [0.1, 0.15) is 0 Å². The van der Waals surface area contributed by atoms with Gasteiger partial charge in [-0.2, -0.15) is 0 Å². The molecule has 5 nitrogen and oxygen atoms in total. The lowest BCUT2D eigenvalue weighted by atomic mass is 10.1. The Balaban J connectivity index is 1.82. The van der Waals surface area contributed by atoms with Gasteiger partial charge in [0.2, 0.25) is 0 Å². The maximum absolute atomic E-state index is 6.03. The summed E-state index contributed by atoms with van der Waals surface area (Å²) in [4.78, 5) is 10.6. The van der Waals surface area contributed by atoms with E-state index in [2.05, 4.69) is 46.8 Å². The highest BCUT2D eigenvalue weighted by atomic mass is 32.1. The summed E-state index contributed by atoms with van der Waals surface area (Å²) in [5.74, 6) is 1.84. The predicted octanol–water partition coefficient (Wildman–Crippen LogP) is 1.67. The van der Waals surface area contributed by atoms with Crippen molar-refractivity contribution in [2.75, 3.05) is 38.6 Å². The number of imidazole rings is 1. The minimum absolute atomic E-state index is 0.148. The predicted molar refractivity (Wildman–Crippen MR) is 89.3 cm³/mol. The zero-order valence-electron chi connectivity index (χ0n) is 13.1. The number of nitrogens with two attached hydrogens (primary N) is 1. The second-order valence-electron chi connectivity index (χ2n) is 6.42. The molecule has 0 bridgehead atoms. The highest BCUT2D eigenvalue weighted by molar-refractivity contribution is 7.15. The number of nitrogens with zero attached hydrogens (tertiary/aromatic N) is 4. The first kappa shape index (κ1) is 14.8. The van der Waals surface area contributed by atoms with E-state index in [0.717, 1.165) is 29.7 Å². The first-order valence-electron chi connectivity index (χ1n) is 7.64. The minimum atomic E-state index is 0.148. The summed E-state index contributed by atoms with van der Waals surface area (Å²) in [6.07, 6.45) is 4.25. The van der Waals surface area contributed by atoms with E-state index in [1.54, 1.807) is 11.3 Å². The molecule has 2 unspecified atom stereocenters. The third-order valence-corrected chi connectivity index (χ3v) is 4.99. The van der Waals surface area contributed by atoms with Gasteiger partial charge in [-0.15, -0.1) is 11.3 Å². The van der Waals surface area contributed by atoms with Crippen molar-refractivity contribution in [1.82, 2.24) is 14.3 Å². The highest BCUT2D eigenvalue weighted by Gasteiger charge is 2.24. The molecule has 2 atom stereocenters. The molecule has 2 aromatic rings. The van der Waals surface area contributed by atoms with Gasteiger partial charge in [0.05, 0.1) is 5.69 Å². The van der Waals surface area contributed by atoms with Crippen LogP contribution in [0.15, 0.2) is 11.6 Å². The molecular formula is C15H25N5S. The zero-order chi connectivity index (χ0) is 15.0. The lowest BCUT2D eigenvalue weighted by molar-refractivity contribution is 0.395. The molecule has 0 amide bonds. The fraction of sp³-hybridized carbons (Fsp3) is 0.667. The number of likely N-dealkylation sites (tertiary alicyclic amines) is 1. The molecule has 1 saturated heterocycles. The largest absolute Gasteiger partial charge is 0.358 e. The molecule has 3 rings (SSSR count). The third-order valence-electron chi connectivity index (χ3n) is 4.24. The lowest BCUT2D eigenvalue weighted by Crippen LogP contribution is -2.29. The van der Waals surface area contributed by atoms with Gasteiger partial charge in [0.15, 0.2) is 10.8 Å². The van der Waals surface area contributed by atoms with Gasteiger partial charge in [-0.05, 0) is 32.9 Å². The molecule has 1 fully saturated rings. The minimum Gasteiger partial charge on any atom is -0.358 e.